The molecule has 110 valence electrons. The van der Waals surface area contributed by atoms with Crippen LogP contribution in [0, 0.1) is 24.0 Å². The zero-order valence-corrected chi connectivity index (χ0v) is 11.8. The first-order valence-corrected chi connectivity index (χ1v) is 6.17. The van der Waals surface area contributed by atoms with Crippen molar-refractivity contribution in [1.29, 1.82) is 0 Å². The Hall–Kier alpha value is -1.99. The minimum Gasteiger partial charge on any atom is -0.385 e. The molecule has 3 N–H and O–H groups in total. The molecule has 0 saturated carbocycles. The van der Waals surface area contributed by atoms with Crippen LogP contribution in [0.5, 0.6) is 0 Å². The van der Waals surface area contributed by atoms with E-state index in [1.807, 2.05) is 6.92 Å². The summed E-state index contributed by atoms with van der Waals surface area (Å²) in [6, 6.07) is 2.25. The Labute approximate surface area is 117 Å². The molecule has 1 atom stereocenters. The summed E-state index contributed by atoms with van der Waals surface area (Å²) in [7, 11) is 1.51. The van der Waals surface area contributed by atoms with Crippen LogP contribution >= 0.6 is 0 Å². The Morgan fingerprint density at radius 2 is 2.05 bits per heavy atom. The molecule has 20 heavy (non-hydrogen) atoms. The molecular formula is C13H19N3O4. The average Bonchev–Trinajstić information content (AvgIpc) is 2.39. The predicted molar refractivity (Wildman–Crippen MR) is 75.7 cm³/mol. The number of anilines is 1. The van der Waals surface area contributed by atoms with Crippen molar-refractivity contribution in [2.45, 2.75) is 26.3 Å². The Morgan fingerprint density at radius 1 is 1.45 bits per heavy atom. The normalized spacial score (nSPS) is 12.0. The highest BCUT2D eigenvalue weighted by Crippen LogP contribution is 2.28. The molecule has 0 saturated heterocycles. The van der Waals surface area contributed by atoms with Crippen molar-refractivity contribution in [3.63, 3.8) is 0 Å². The van der Waals surface area contributed by atoms with Crippen molar-refractivity contribution >= 4 is 17.3 Å². The number of carbonyl (C=O) groups is 1. The number of nitro benzene ring substituents is 1. The fourth-order valence-electron chi connectivity index (χ4n) is 1.65. The van der Waals surface area contributed by atoms with Crippen molar-refractivity contribution in [3.05, 3.63) is 33.4 Å². The van der Waals surface area contributed by atoms with Crippen LogP contribution in [0.4, 0.5) is 11.4 Å². The summed E-state index contributed by atoms with van der Waals surface area (Å²) >= 11 is 0. The number of hydrogen-bond donors (Lipinski definition) is 2. The molecule has 0 heterocycles. The zero-order chi connectivity index (χ0) is 15.3. The highest BCUT2D eigenvalue weighted by molar-refractivity contribution is 5.96. The van der Waals surface area contributed by atoms with Gasteiger partial charge in [0.1, 0.15) is 5.69 Å². The molecule has 0 spiro atoms. The van der Waals surface area contributed by atoms with Crippen LogP contribution in [0.15, 0.2) is 12.1 Å². The fourth-order valence-corrected chi connectivity index (χ4v) is 1.65. The van der Waals surface area contributed by atoms with Gasteiger partial charge in [0, 0.05) is 19.8 Å². The number of nitrogens with two attached hydrogens (primary N) is 1. The molecule has 0 aromatic heterocycles. The average molecular weight is 281 g/mol. The summed E-state index contributed by atoms with van der Waals surface area (Å²) in [6.45, 7) is 3.95. The topological polar surface area (TPSA) is 107 Å². The first-order valence-electron chi connectivity index (χ1n) is 6.17. The molecule has 0 aliphatic rings. The maximum Gasteiger partial charge on any atom is 0.293 e. The molecule has 1 amide bonds. The molecule has 0 radical (unpaired) electrons. The minimum absolute atomic E-state index is 0.139. The van der Waals surface area contributed by atoms with Gasteiger partial charge in [-0.2, -0.15) is 0 Å². The molecule has 0 aliphatic carbocycles. The monoisotopic (exact) mass is 281 g/mol. The van der Waals surface area contributed by atoms with Crippen LogP contribution < -0.4 is 11.1 Å². The number of aryl methyl sites for hydroxylation is 2. The number of rotatable bonds is 6. The largest absolute Gasteiger partial charge is 0.385 e. The van der Waals surface area contributed by atoms with Gasteiger partial charge < -0.3 is 15.8 Å². The van der Waals surface area contributed by atoms with Gasteiger partial charge in [-0.1, -0.05) is 0 Å². The molecule has 7 nitrogen and oxygen atoms in total. The Bertz CT molecular complexity index is 517. The number of methoxy groups -OCH3 is 1. The second-order valence-corrected chi connectivity index (χ2v) is 4.59. The van der Waals surface area contributed by atoms with E-state index >= 15 is 0 Å². The third kappa shape index (κ3) is 4.01. The quantitative estimate of drug-likeness (QED) is 0.607. The number of benzene rings is 1. The summed E-state index contributed by atoms with van der Waals surface area (Å²) in [5.41, 5.74) is 7.36. The van der Waals surface area contributed by atoms with Crippen LogP contribution in [0.2, 0.25) is 0 Å². The van der Waals surface area contributed by atoms with Crippen LogP contribution in [-0.4, -0.2) is 30.6 Å². The van der Waals surface area contributed by atoms with E-state index in [2.05, 4.69) is 5.32 Å². The lowest BCUT2D eigenvalue weighted by molar-refractivity contribution is -0.384. The number of nitrogens with zero attached hydrogens (tertiary/aromatic N) is 1. The summed E-state index contributed by atoms with van der Waals surface area (Å²) < 4.78 is 4.84. The molecule has 0 aliphatic heterocycles. The number of nitro groups is 1. The van der Waals surface area contributed by atoms with Gasteiger partial charge in [0.25, 0.3) is 5.69 Å². The first kappa shape index (κ1) is 16.1. The molecular weight excluding hydrogens is 262 g/mol. The molecule has 0 bridgehead atoms. The van der Waals surface area contributed by atoms with Gasteiger partial charge in [-0.15, -0.1) is 0 Å². The molecule has 0 fully saturated rings. The van der Waals surface area contributed by atoms with Gasteiger partial charge in [-0.25, -0.2) is 0 Å². The van der Waals surface area contributed by atoms with Crippen LogP contribution in [0.3, 0.4) is 0 Å². The van der Waals surface area contributed by atoms with Gasteiger partial charge in [-0.05, 0) is 37.5 Å². The Kier molecular flexibility index (Phi) is 5.60. The van der Waals surface area contributed by atoms with E-state index in [1.165, 1.54) is 13.2 Å². The summed E-state index contributed by atoms with van der Waals surface area (Å²) in [6.07, 6.45) is 0.348. The van der Waals surface area contributed by atoms with Gasteiger partial charge in [-0.3, -0.25) is 14.9 Å². The SMILES string of the molecule is COCCC(N)C(=O)Nc1cc(C)c(C)cc1[N+](=O)[O-]. The van der Waals surface area contributed by atoms with Gasteiger partial charge in [0.05, 0.1) is 11.0 Å². The highest BCUT2D eigenvalue weighted by atomic mass is 16.6. The summed E-state index contributed by atoms with van der Waals surface area (Å²) in [4.78, 5) is 22.4. The number of nitrogens with one attached hydrogen (secondary N) is 1. The maximum absolute atomic E-state index is 11.9. The standard InChI is InChI=1S/C13H19N3O4/c1-8-6-11(12(16(18)19)7-9(8)2)15-13(17)10(14)4-5-20-3/h6-7,10H,4-5,14H2,1-3H3,(H,15,17). The van der Waals surface area contributed by atoms with Crippen LogP contribution in [0.25, 0.3) is 0 Å². The van der Waals surface area contributed by atoms with Crippen LogP contribution in [0.1, 0.15) is 17.5 Å². The van der Waals surface area contributed by atoms with Crippen molar-refractivity contribution in [2.24, 2.45) is 5.73 Å². The molecule has 1 unspecified atom stereocenters. The Morgan fingerprint density at radius 3 is 2.60 bits per heavy atom. The lowest BCUT2D eigenvalue weighted by Crippen LogP contribution is -2.36. The van der Waals surface area contributed by atoms with E-state index in [-0.39, 0.29) is 11.4 Å². The van der Waals surface area contributed by atoms with Crippen molar-refractivity contribution in [3.8, 4) is 0 Å². The predicted octanol–water partition coefficient (Wildman–Crippen LogP) is 1.51. The summed E-state index contributed by atoms with van der Waals surface area (Å²) in [5, 5.41) is 13.5. The maximum atomic E-state index is 11.9. The van der Waals surface area contributed by atoms with Crippen molar-refractivity contribution in [1.82, 2.24) is 0 Å². The van der Waals surface area contributed by atoms with Crippen molar-refractivity contribution in [2.75, 3.05) is 19.0 Å². The first-order chi connectivity index (χ1) is 9.36. The van der Waals surface area contributed by atoms with E-state index in [9.17, 15) is 14.9 Å². The fraction of sp³-hybridized carbons (Fsp3) is 0.462. The lowest BCUT2D eigenvalue weighted by Gasteiger charge is -2.13. The second kappa shape index (κ2) is 6.97. The molecule has 1 aromatic carbocycles. The zero-order valence-electron chi connectivity index (χ0n) is 11.8. The van der Waals surface area contributed by atoms with E-state index < -0.39 is 16.9 Å². The second-order valence-electron chi connectivity index (χ2n) is 4.59. The Balaban J connectivity index is 2.93. The van der Waals surface area contributed by atoms with Gasteiger partial charge in [0.2, 0.25) is 5.91 Å². The van der Waals surface area contributed by atoms with E-state index in [0.717, 1.165) is 11.1 Å². The molecule has 1 rings (SSSR count). The van der Waals surface area contributed by atoms with E-state index in [1.54, 1.807) is 13.0 Å². The minimum atomic E-state index is -0.767. The van der Waals surface area contributed by atoms with Crippen LogP contribution in [-0.2, 0) is 9.53 Å². The smallest absolute Gasteiger partial charge is 0.293 e. The molecule has 7 heteroatoms. The highest BCUT2D eigenvalue weighted by Gasteiger charge is 2.20. The number of carbonyl (C=O) groups excluding carboxylic acids is 1. The van der Waals surface area contributed by atoms with Gasteiger partial charge in [0.15, 0.2) is 0 Å². The third-order valence-electron chi connectivity index (χ3n) is 3.04. The summed E-state index contributed by atoms with van der Waals surface area (Å²) in [5.74, 6) is -0.464. The van der Waals surface area contributed by atoms with E-state index in [0.29, 0.717) is 13.0 Å². The third-order valence-corrected chi connectivity index (χ3v) is 3.04. The lowest BCUT2D eigenvalue weighted by atomic mass is 10.1. The number of hydrogen-bond acceptors (Lipinski definition) is 5. The molecule has 1 aromatic rings. The number of ether oxygens (including phenoxy) is 1. The van der Waals surface area contributed by atoms with E-state index in [4.69, 9.17) is 10.5 Å². The number of amides is 1. The van der Waals surface area contributed by atoms with Gasteiger partial charge >= 0.3 is 0 Å². The van der Waals surface area contributed by atoms with Crippen molar-refractivity contribution < 1.29 is 14.5 Å².